The molecule has 0 saturated heterocycles. The number of nitrogens with zero attached hydrogens (tertiary/aromatic N) is 2. The summed E-state index contributed by atoms with van der Waals surface area (Å²) < 4.78 is 0. The Morgan fingerprint density at radius 1 is 1.23 bits per heavy atom. The molecule has 26 heavy (non-hydrogen) atoms. The molecule has 7 nitrogen and oxygen atoms in total. The quantitative estimate of drug-likeness (QED) is 0.475. The van der Waals surface area contributed by atoms with Gasteiger partial charge in [-0.05, 0) is 36.8 Å². The summed E-state index contributed by atoms with van der Waals surface area (Å²) in [5.74, 6) is 0. The molecule has 2 amide bonds. The number of nitrogens with one attached hydrogen (secondary N) is 2. The van der Waals surface area contributed by atoms with E-state index in [0.717, 1.165) is 11.3 Å². The molecule has 0 fully saturated rings. The Balaban J connectivity index is 1.71. The van der Waals surface area contributed by atoms with Crippen molar-refractivity contribution >= 4 is 11.7 Å². The van der Waals surface area contributed by atoms with Crippen molar-refractivity contribution < 1.29 is 9.63 Å². The molecule has 0 aliphatic heterocycles. The Hall–Kier alpha value is -3.06. The molecule has 0 spiro atoms. The third kappa shape index (κ3) is 6.45. The van der Waals surface area contributed by atoms with Crippen LogP contribution in [-0.2, 0) is 18.0 Å². The predicted octanol–water partition coefficient (Wildman–Crippen LogP) is 2.43. The summed E-state index contributed by atoms with van der Waals surface area (Å²) in [5, 5.41) is 7.20. The van der Waals surface area contributed by atoms with E-state index >= 15 is 0 Å². The van der Waals surface area contributed by atoms with Crippen molar-refractivity contribution in [3.8, 4) is 0 Å². The van der Waals surface area contributed by atoms with Gasteiger partial charge in [0.1, 0.15) is 6.61 Å². The molecule has 0 radical (unpaired) electrons. The summed E-state index contributed by atoms with van der Waals surface area (Å²) in [5.41, 5.74) is 8.79. The van der Waals surface area contributed by atoms with E-state index in [9.17, 15) is 4.79 Å². The Morgan fingerprint density at radius 3 is 2.65 bits per heavy atom. The molecule has 4 N–H and O–H groups in total. The van der Waals surface area contributed by atoms with Crippen molar-refractivity contribution in [2.75, 3.05) is 18.8 Å². The average Bonchev–Trinajstić information content (AvgIpc) is 2.67. The highest BCUT2D eigenvalue weighted by molar-refractivity contribution is 5.74. The highest BCUT2D eigenvalue weighted by atomic mass is 16.7. The van der Waals surface area contributed by atoms with E-state index in [0.29, 0.717) is 31.1 Å². The van der Waals surface area contributed by atoms with E-state index in [1.54, 1.807) is 23.4 Å². The molecule has 7 heteroatoms. The van der Waals surface area contributed by atoms with Gasteiger partial charge >= 0.3 is 6.03 Å². The molecule has 1 heterocycles. The minimum atomic E-state index is -0.274. The zero-order valence-electron chi connectivity index (χ0n) is 14.9. The number of carbonyl (C=O) groups is 1. The van der Waals surface area contributed by atoms with Crippen molar-refractivity contribution in [1.82, 2.24) is 20.7 Å². The van der Waals surface area contributed by atoms with Crippen LogP contribution in [0.1, 0.15) is 18.2 Å². The van der Waals surface area contributed by atoms with Crippen LogP contribution < -0.4 is 16.4 Å². The van der Waals surface area contributed by atoms with Crippen LogP contribution in [-0.4, -0.2) is 29.2 Å². The molecular formula is C19H25N5O2. The first-order chi connectivity index (χ1) is 12.6. The lowest BCUT2D eigenvalue weighted by molar-refractivity contribution is -0.140. The fourth-order valence-corrected chi connectivity index (χ4v) is 2.18. The lowest BCUT2D eigenvalue weighted by Gasteiger charge is -2.24. The Kier molecular flexibility index (Phi) is 7.45. The van der Waals surface area contributed by atoms with E-state index in [2.05, 4.69) is 22.2 Å². The summed E-state index contributed by atoms with van der Waals surface area (Å²) in [4.78, 5) is 21.8. The average molecular weight is 355 g/mol. The maximum absolute atomic E-state index is 11.9. The monoisotopic (exact) mass is 355 g/mol. The van der Waals surface area contributed by atoms with Crippen LogP contribution in [0, 0.1) is 0 Å². The largest absolute Gasteiger partial charge is 0.399 e. The standard InChI is InChI=1S/C19H25N5O2/c1-3-24(26-14-18-6-4-5-11-21-18)15(2)12-22-19(25)23-13-16-7-9-17(20)10-8-16/h4-11H,2-3,12-14,20H2,1H3,(H2,22,23,25). The molecule has 138 valence electrons. The first-order valence-corrected chi connectivity index (χ1v) is 8.42. The second kappa shape index (κ2) is 10.0. The van der Waals surface area contributed by atoms with E-state index in [1.807, 2.05) is 37.3 Å². The van der Waals surface area contributed by atoms with Crippen LogP contribution in [0.25, 0.3) is 0 Å². The van der Waals surface area contributed by atoms with Crippen LogP contribution in [0.4, 0.5) is 10.5 Å². The minimum absolute atomic E-state index is 0.274. The number of pyridine rings is 1. The third-order valence-corrected chi connectivity index (χ3v) is 3.62. The van der Waals surface area contributed by atoms with Gasteiger partial charge in [0.25, 0.3) is 0 Å². The SMILES string of the molecule is C=C(CNC(=O)NCc1ccc(N)cc1)N(CC)OCc1ccccn1. The molecule has 0 saturated carbocycles. The number of nitrogen functional groups attached to an aromatic ring is 1. The number of nitrogens with two attached hydrogens (primary N) is 1. The summed E-state index contributed by atoms with van der Waals surface area (Å²) in [6.07, 6.45) is 1.72. The van der Waals surface area contributed by atoms with Crippen LogP contribution in [0.2, 0.25) is 0 Å². The lowest BCUT2D eigenvalue weighted by Crippen LogP contribution is -2.38. The number of likely N-dealkylation sites (N-methyl/N-ethyl adjacent to an activating group) is 1. The smallest absolute Gasteiger partial charge is 0.315 e. The minimum Gasteiger partial charge on any atom is -0.399 e. The van der Waals surface area contributed by atoms with Gasteiger partial charge in [-0.3, -0.25) is 14.9 Å². The van der Waals surface area contributed by atoms with Gasteiger partial charge in [0.15, 0.2) is 0 Å². The number of hydroxylamine groups is 2. The molecule has 2 aromatic rings. The molecule has 2 rings (SSSR count). The summed E-state index contributed by atoms with van der Waals surface area (Å²) in [6, 6.07) is 12.7. The lowest BCUT2D eigenvalue weighted by atomic mass is 10.2. The number of anilines is 1. The van der Waals surface area contributed by atoms with Gasteiger partial charge in [0.05, 0.1) is 17.9 Å². The normalized spacial score (nSPS) is 10.2. The van der Waals surface area contributed by atoms with Crippen molar-refractivity contribution in [3.63, 3.8) is 0 Å². The fraction of sp³-hybridized carbons (Fsp3) is 0.263. The Morgan fingerprint density at radius 2 is 2.00 bits per heavy atom. The Labute approximate surface area is 153 Å². The van der Waals surface area contributed by atoms with Gasteiger partial charge in [0, 0.05) is 25.0 Å². The van der Waals surface area contributed by atoms with Crippen molar-refractivity contribution in [2.45, 2.75) is 20.1 Å². The third-order valence-electron chi connectivity index (χ3n) is 3.62. The number of amides is 2. The van der Waals surface area contributed by atoms with Crippen LogP contribution in [0.3, 0.4) is 0 Å². The fourth-order valence-electron chi connectivity index (χ4n) is 2.18. The zero-order valence-corrected chi connectivity index (χ0v) is 14.9. The van der Waals surface area contributed by atoms with Gasteiger partial charge in [0.2, 0.25) is 0 Å². The second-order valence-electron chi connectivity index (χ2n) is 5.63. The molecule has 0 bridgehead atoms. The van der Waals surface area contributed by atoms with E-state index < -0.39 is 0 Å². The van der Waals surface area contributed by atoms with Crippen LogP contribution in [0.5, 0.6) is 0 Å². The van der Waals surface area contributed by atoms with Gasteiger partial charge in [-0.25, -0.2) is 4.79 Å². The number of hydrogen-bond donors (Lipinski definition) is 3. The summed E-state index contributed by atoms with van der Waals surface area (Å²) in [7, 11) is 0. The molecular weight excluding hydrogens is 330 g/mol. The van der Waals surface area contributed by atoms with Crippen molar-refractivity contribution in [3.05, 3.63) is 72.2 Å². The molecule has 0 atom stereocenters. The zero-order chi connectivity index (χ0) is 18.8. The molecule has 1 aromatic heterocycles. The maximum atomic E-state index is 11.9. The van der Waals surface area contributed by atoms with Crippen molar-refractivity contribution in [2.24, 2.45) is 0 Å². The summed E-state index contributed by atoms with van der Waals surface area (Å²) in [6.45, 7) is 7.57. The molecule has 0 aliphatic carbocycles. The Bertz CT molecular complexity index is 704. The van der Waals surface area contributed by atoms with Gasteiger partial charge in [-0.2, -0.15) is 0 Å². The van der Waals surface area contributed by atoms with Gasteiger partial charge in [-0.15, -0.1) is 0 Å². The highest BCUT2D eigenvalue weighted by Gasteiger charge is 2.09. The van der Waals surface area contributed by atoms with Crippen LogP contribution in [0.15, 0.2) is 60.9 Å². The molecule has 0 unspecified atom stereocenters. The topological polar surface area (TPSA) is 92.5 Å². The number of carbonyl (C=O) groups excluding carboxylic acids is 1. The number of aromatic nitrogens is 1. The van der Waals surface area contributed by atoms with E-state index in [4.69, 9.17) is 10.6 Å². The maximum Gasteiger partial charge on any atom is 0.315 e. The van der Waals surface area contributed by atoms with Gasteiger partial charge in [-0.1, -0.05) is 24.8 Å². The van der Waals surface area contributed by atoms with E-state index in [-0.39, 0.29) is 12.6 Å². The predicted molar refractivity (Wildman–Crippen MR) is 102 cm³/mol. The molecule has 1 aromatic carbocycles. The van der Waals surface area contributed by atoms with Crippen LogP contribution >= 0.6 is 0 Å². The first-order valence-electron chi connectivity index (χ1n) is 8.42. The molecule has 0 aliphatic rings. The highest BCUT2D eigenvalue weighted by Crippen LogP contribution is 2.06. The van der Waals surface area contributed by atoms with Gasteiger partial charge < -0.3 is 16.4 Å². The van der Waals surface area contributed by atoms with Crippen molar-refractivity contribution in [1.29, 1.82) is 0 Å². The number of hydrogen-bond acceptors (Lipinski definition) is 5. The van der Waals surface area contributed by atoms with E-state index in [1.165, 1.54) is 0 Å². The summed E-state index contributed by atoms with van der Waals surface area (Å²) >= 11 is 0. The number of urea groups is 1. The number of benzene rings is 1. The second-order valence-corrected chi connectivity index (χ2v) is 5.63. The first kappa shape index (κ1) is 19.3. The number of rotatable bonds is 9.